The number of hydrogen-bond acceptors (Lipinski definition) is 5. The third-order valence-electron chi connectivity index (χ3n) is 1.96. The van der Waals surface area contributed by atoms with E-state index < -0.39 is 5.82 Å². The average molecular weight is 224 g/mol. The fourth-order valence-electron chi connectivity index (χ4n) is 1.21. The molecular formula is C10H9FN2O3. The third-order valence-corrected chi connectivity index (χ3v) is 1.96. The summed E-state index contributed by atoms with van der Waals surface area (Å²) in [6, 6.07) is 3.91. The van der Waals surface area contributed by atoms with Gasteiger partial charge in [0.05, 0.1) is 6.61 Å². The maximum Gasteiger partial charge on any atom is 0.213 e. The number of ether oxygens (including phenoxy) is 1. The molecule has 0 bridgehead atoms. The first-order valence-corrected chi connectivity index (χ1v) is 4.57. The number of aromatic nitrogens is 2. The van der Waals surface area contributed by atoms with Crippen LogP contribution in [0.15, 0.2) is 29.1 Å². The van der Waals surface area contributed by atoms with E-state index in [-0.39, 0.29) is 13.2 Å². The normalized spacial score (nSPS) is 10.4. The van der Waals surface area contributed by atoms with Crippen molar-refractivity contribution in [3.05, 3.63) is 41.8 Å². The molecule has 0 aliphatic heterocycles. The summed E-state index contributed by atoms with van der Waals surface area (Å²) in [7, 11) is 0. The summed E-state index contributed by atoms with van der Waals surface area (Å²) in [6.45, 7) is -0.186. The van der Waals surface area contributed by atoms with Crippen molar-refractivity contribution in [2.24, 2.45) is 0 Å². The predicted molar refractivity (Wildman–Crippen MR) is 51.0 cm³/mol. The number of benzene rings is 1. The first-order valence-electron chi connectivity index (χ1n) is 4.57. The van der Waals surface area contributed by atoms with E-state index in [1.165, 1.54) is 24.6 Å². The van der Waals surface area contributed by atoms with E-state index in [9.17, 15) is 4.39 Å². The van der Waals surface area contributed by atoms with Crippen LogP contribution in [0, 0.1) is 5.82 Å². The lowest BCUT2D eigenvalue weighted by molar-refractivity contribution is 0.252. The molecule has 0 saturated heterocycles. The average Bonchev–Trinajstić information content (AvgIpc) is 2.80. The van der Waals surface area contributed by atoms with Crippen molar-refractivity contribution in [3.8, 4) is 5.75 Å². The fraction of sp³-hybridized carbons (Fsp3) is 0.200. The van der Waals surface area contributed by atoms with Gasteiger partial charge in [-0.15, -0.1) is 0 Å². The summed E-state index contributed by atoms with van der Waals surface area (Å²) < 4.78 is 22.7. The Morgan fingerprint density at radius 2 is 2.31 bits per heavy atom. The Balaban J connectivity index is 2.09. The van der Waals surface area contributed by atoms with E-state index in [1.807, 2.05) is 0 Å². The second kappa shape index (κ2) is 4.71. The standard InChI is InChI=1S/C10H9FN2O3/c11-8-1-2-9(7(3-8)4-14)15-5-10-12-6-16-13-10/h1-3,6,14H,4-5H2. The van der Waals surface area contributed by atoms with Crippen LogP contribution in [-0.4, -0.2) is 15.2 Å². The number of aliphatic hydroxyl groups excluding tert-OH is 1. The molecule has 84 valence electrons. The van der Waals surface area contributed by atoms with Crippen LogP contribution in [0.5, 0.6) is 5.75 Å². The van der Waals surface area contributed by atoms with Crippen molar-refractivity contribution in [1.29, 1.82) is 0 Å². The quantitative estimate of drug-likeness (QED) is 0.847. The number of nitrogens with zero attached hydrogens (tertiary/aromatic N) is 2. The molecule has 2 rings (SSSR count). The van der Waals surface area contributed by atoms with Crippen molar-refractivity contribution in [2.75, 3.05) is 0 Å². The second-order valence-corrected chi connectivity index (χ2v) is 3.05. The van der Waals surface area contributed by atoms with Crippen LogP contribution in [-0.2, 0) is 13.2 Å². The van der Waals surface area contributed by atoms with Crippen LogP contribution in [0.2, 0.25) is 0 Å². The van der Waals surface area contributed by atoms with Gasteiger partial charge in [0.15, 0.2) is 6.61 Å². The zero-order valence-corrected chi connectivity index (χ0v) is 8.26. The molecule has 0 aliphatic carbocycles. The first-order chi connectivity index (χ1) is 7.79. The summed E-state index contributed by atoms with van der Waals surface area (Å²) in [5.74, 6) is 0.359. The van der Waals surface area contributed by atoms with Gasteiger partial charge >= 0.3 is 0 Å². The van der Waals surface area contributed by atoms with E-state index >= 15 is 0 Å². The Hall–Kier alpha value is -1.95. The lowest BCUT2D eigenvalue weighted by Crippen LogP contribution is -2.00. The zero-order chi connectivity index (χ0) is 11.4. The number of rotatable bonds is 4. The van der Waals surface area contributed by atoms with Gasteiger partial charge in [0.1, 0.15) is 11.6 Å². The molecular weight excluding hydrogens is 215 g/mol. The lowest BCUT2D eigenvalue weighted by Gasteiger charge is -2.07. The third kappa shape index (κ3) is 2.34. The summed E-state index contributed by atoms with van der Waals surface area (Å²) in [5, 5.41) is 12.6. The SMILES string of the molecule is OCc1cc(F)ccc1OCc1ncon1. The topological polar surface area (TPSA) is 68.4 Å². The lowest BCUT2D eigenvalue weighted by atomic mass is 10.2. The summed E-state index contributed by atoms with van der Waals surface area (Å²) >= 11 is 0. The monoisotopic (exact) mass is 224 g/mol. The highest BCUT2D eigenvalue weighted by Gasteiger charge is 2.06. The molecule has 0 amide bonds. The molecule has 0 unspecified atom stereocenters. The van der Waals surface area contributed by atoms with Gasteiger partial charge < -0.3 is 14.4 Å². The molecule has 1 aromatic carbocycles. The van der Waals surface area contributed by atoms with Crippen LogP contribution in [0.3, 0.4) is 0 Å². The van der Waals surface area contributed by atoms with Gasteiger partial charge in [0.2, 0.25) is 12.2 Å². The highest BCUT2D eigenvalue weighted by atomic mass is 19.1. The van der Waals surface area contributed by atoms with Crippen LogP contribution in [0.25, 0.3) is 0 Å². The molecule has 0 aliphatic rings. The van der Waals surface area contributed by atoms with Crippen LogP contribution in [0.1, 0.15) is 11.4 Å². The molecule has 2 aromatic rings. The number of hydrogen-bond donors (Lipinski definition) is 1. The molecule has 1 aromatic heterocycles. The maximum absolute atomic E-state index is 12.8. The molecule has 0 atom stereocenters. The maximum atomic E-state index is 12.8. The van der Waals surface area contributed by atoms with E-state index in [0.717, 1.165) is 0 Å². The van der Waals surface area contributed by atoms with Crippen molar-refractivity contribution in [2.45, 2.75) is 13.2 Å². The minimum atomic E-state index is -0.420. The van der Waals surface area contributed by atoms with Gasteiger partial charge in [-0.25, -0.2) is 4.39 Å². The first kappa shape index (κ1) is 10.6. The Labute approximate surface area is 90.5 Å². The molecule has 6 heteroatoms. The van der Waals surface area contributed by atoms with Gasteiger partial charge in [-0.05, 0) is 18.2 Å². The van der Waals surface area contributed by atoms with Crippen molar-refractivity contribution in [3.63, 3.8) is 0 Å². The molecule has 1 N–H and O–H groups in total. The number of halogens is 1. The van der Waals surface area contributed by atoms with Gasteiger partial charge in [-0.3, -0.25) is 0 Å². The second-order valence-electron chi connectivity index (χ2n) is 3.05. The van der Waals surface area contributed by atoms with Gasteiger partial charge in [-0.1, -0.05) is 5.16 Å². The van der Waals surface area contributed by atoms with E-state index in [0.29, 0.717) is 17.1 Å². The Kier molecular flexibility index (Phi) is 3.11. The molecule has 0 saturated carbocycles. The largest absolute Gasteiger partial charge is 0.485 e. The van der Waals surface area contributed by atoms with Gasteiger partial charge in [0, 0.05) is 5.56 Å². The van der Waals surface area contributed by atoms with E-state index in [1.54, 1.807) is 0 Å². The zero-order valence-electron chi connectivity index (χ0n) is 8.26. The van der Waals surface area contributed by atoms with Crippen molar-refractivity contribution in [1.82, 2.24) is 10.1 Å². The molecule has 16 heavy (non-hydrogen) atoms. The smallest absolute Gasteiger partial charge is 0.213 e. The summed E-state index contributed by atoms with van der Waals surface area (Å²) in [6.07, 6.45) is 1.19. The van der Waals surface area contributed by atoms with Gasteiger partial charge in [0.25, 0.3) is 0 Å². The molecule has 0 fully saturated rings. The van der Waals surface area contributed by atoms with Crippen molar-refractivity contribution < 1.29 is 18.8 Å². The molecule has 0 spiro atoms. The summed E-state index contributed by atoms with van der Waals surface area (Å²) in [4.78, 5) is 3.77. The molecule has 1 heterocycles. The van der Waals surface area contributed by atoms with Crippen LogP contribution < -0.4 is 4.74 Å². The fourth-order valence-corrected chi connectivity index (χ4v) is 1.21. The minimum absolute atomic E-state index is 0.106. The van der Waals surface area contributed by atoms with Gasteiger partial charge in [-0.2, -0.15) is 4.98 Å². The Morgan fingerprint density at radius 3 is 3.00 bits per heavy atom. The van der Waals surface area contributed by atoms with Crippen LogP contribution in [0.4, 0.5) is 4.39 Å². The summed E-state index contributed by atoms with van der Waals surface area (Å²) in [5.41, 5.74) is 0.378. The Bertz CT molecular complexity index is 459. The highest BCUT2D eigenvalue weighted by molar-refractivity contribution is 5.33. The minimum Gasteiger partial charge on any atom is -0.485 e. The van der Waals surface area contributed by atoms with Crippen molar-refractivity contribution >= 4 is 0 Å². The Morgan fingerprint density at radius 1 is 1.44 bits per heavy atom. The number of aliphatic hydroxyl groups is 1. The highest BCUT2D eigenvalue weighted by Crippen LogP contribution is 2.20. The molecule has 5 nitrogen and oxygen atoms in total. The predicted octanol–water partition coefficient (Wildman–Crippen LogP) is 1.28. The van der Waals surface area contributed by atoms with E-state index in [4.69, 9.17) is 9.84 Å². The molecule has 0 radical (unpaired) electrons. The van der Waals surface area contributed by atoms with E-state index in [2.05, 4.69) is 14.7 Å². The van der Waals surface area contributed by atoms with Crippen LogP contribution >= 0.6 is 0 Å².